The lowest BCUT2D eigenvalue weighted by Gasteiger charge is -2.13. The minimum atomic E-state index is -3.59. The van der Waals surface area contributed by atoms with Gasteiger partial charge in [0.15, 0.2) is 9.84 Å². The predicted molar refractivity (Wildman–Crippen MR) is 74.3 cm³/mol. The minimum Gasteiger partial charge on any atom is -0.391 e. The molecule has 0 aliphatic heterocycles. The van der Waals surface area contributed by atoms with E-state index in [9.17, 15) is 13.5 Å². The van der Waals surface area contributed by atoms with Gasteiger partial charge in [-0.25, -0.2) is 8.42 Å². The maximum atomic E-state index is 12.1. The van der Waals surface area contributed by atoms with Crippen molar-refractivity contribution in [3.63, 3.8) is 0 Å². The fraction of sp³-hybridized carbons (Fsp3) is 0.500. The molecule has 0 spiro atoms. The van der Waals surface area contributed by atoms with E-state index in [0.717, 1.165) is 0 Å². The molecule has 1 atom stereocenters. The van der Waals surface area contributed by atoms with Crippen LogP contribution in [0, 0.1) is 0 Å². The monoisotopic (exact) mass is 307 g/mol. The van der Waals surface area contributed by atoms with E-state index < -0.39 is 15.9 Å². The van der Waals surface area contributed by atoms with Gasteiger partial charge in [-0.05, 0) is 12.1 Å². The van der Waals surface area contributed by atoms with Crippen LogP contribution in [0.2, 0.25) is 5.02 Å². The molecule has 0 bridgehead atoms. The van der Waals surface area contributed by atoms with Crippen LogP contribution < -0.4 is 5.32 Å². The minimum absolute atomic E-state index is 0.0487. The fourth-order valence-corrected chi connectivity index (χ4v) is 3.49. The van der Waals surface area contributed by atoms with Gasteiger partial charge in [0.25, 0.3) is 0 Å². The molecule has 0 amide bonds. The molecule has 5 nitrogen and oxygen atoms in total. The second-order valence-electron chi connectivity index (χ2n) is 4.06. The summed E-state index contributed by atoms with van der Waals surface area (Å²) in [6.07, 6.45) is -0.988. The third kappa shape index (κ3) is 5.46. The normalized spacial score (nSPS) is 13.4. The highest BCUT2D eigenvalue weighted by atomic mass is 35.5. The van der Waals surface area contributed by atoms with Crippen molar-refractivity contribution in [2.75, 3.05) is 32.6 Å². The van der Waals surface area contributed by atoms with Gasteiger partial charge in [0.2, 0.25) is 0 Å². The number of hydrogen-bond donors (Lipinski definition) is 2. The van der Waals surface area contributed by atoms with Crippen molar-refractivity contribution in [3.05, 3.63) is 29.3 Å². The van der Waals surface area contributed by atoms with Crippen LogP contribution in [0.4, 0.5) is 0 Å². The second kappa shape index (κ2) is 7.81. The maximum Gasteiger partial charge on any atom is 0.182 e. The van der Waals surface area contributed by atoms with Gasteiger partial charge >= 0.3 is 0 Å². The first kappa shape index (κ1) is 16.4. The highest BCUT2D eigenvalue weighted by Gasteiger charge is 2.21. The predicted octanol–water partition coefficient (Wildman–Crippen LogP) is 0.711. The number of hydrogen-bond acceptors (Lipinski definition) is 5. The van der Waals surface area contributed by atoms with E-state index in [1.54, 1.807) is 19.2 Å². The largest absolute Gasteiger partial charge is 0.391 e. The van der Waals surface area contributed by atoms with E-state index in [0.29, 0.717) is 13.2 Å². The van der Waals surface area contributed by atoms with Crippen molar-refractivity contribution in [1.82, 2.24) is 5.32 Å². The summed E-state index contributed by atoms with van der Waals surface area (Å²) >= 11 is 5.84. The van der Waals surface area contributed by atoms with Crippen LogP contribution in [-0.4, -0.2) is 52.2 Å². The number of aliphatic hydroxyl groups is 1. The zero-order chi connectivity index (χ0) is 14.3. The first-order valence-corrected chi connectivity index (χ1v) is 7.85. The average Bonchev–Trinajstić information content (AvgIpc) is 2.34. The Bertz CT molecular complexity index is 492. The Kier molecular flexibility index (Phi) is 6.74. The molecule has 7 heteroatoms. The van der Waals surface area contributed by atoms with E-state index in [1.165, 1.54) is 12.1 Å². The molecule has 1 aromatic rings. The fourth-order valence-electron chi connectivity index (χ4n) is 1.54. The standard InChI is InChI=1S/C12H18ClNO4S/c1-18-7-6-14-8-10(15)9-19(16,17)12-5-3-2-4-11(12)13/h2-5,10,14-15H,6-9H2,1H3. The summed E-state index contributed by atoms with van der Waals surface area (Å²) in [5, 5.41) is 12.8. The number of sulfone groups is 1. The lowest BCUT2D eigenvalue weighted by molar-refractivity contribution is 0.174. The summed E-state index contributed by atoms with van der Waals surface area (Å²) in [6.45, 7) is 1.25. The van der Waals surface area contributed by atoms with Gasteiger partial charge in [0.1, 0.15) is 0 Å². The summed E-state index contributed by atoms with van der Waals surface area (Å²) in [7, 11) is -2.02. The van der Waals surface area contributed by atoms with Gasteiger partial charge in [-0.3, -0.25) is 0 Å². The smallest absolute Gasteiger partial charge is 0.182 e. The molecule has 0 fully saturated rings. The first-order chi connectivity index (χ1) is 8.97. The first-order valence-electron chi connectivity index (χ1n) is 5.82. The SMILES string of the molecule is COCCNCC(O)CS(=O)(=O)c1ccccc1Cl. The molecule has 0 aliphatic rings. The zero-order valence-corrected chi connectivity index (χ0v) is 12.2. The lowest BCUT2D eigenvalue weighted by atomic mass is 10.4. The van der Waals surface area contributed by atoms with E-state index in [4.69, 9.17) is 16.3 Å². The quantitative estimate of drug-likeness (QED) is 0.692. The molecule has 108 valence electrons. The van der Waals surface area contributed by atoms with Crippen LogP contribution in [-0.2, 0) is 14.6 Å². The lowest BCUT2D eigenvalue weighted by Crippen LogP contribution is -2.34. The number of benzene rings is 1. The van der Waals surface area contributed by atoms with E-state index >= 15 is 0 Å². The summed E-state index contributed by atoms with van der Waals surface area (Å²) < 4.78 is 28.9. The van der Waals surface area contributed by atoms with Crippen molar-refractivity contribution in [3.8, 4) is 0 Å². The van der Waals surface area contributed by atoms with Crippen LogP contribution in [0.25, 0.3) is 0 Å². The Balaban J connectivity index is 2.58. The van der Waals surface area contributed by atoms with Crippen molar-refractivity contribution in [2.24, 2.45) is 0 Å². The van der Waals surface area contributed by atoms with Gasteiger partial charge in [-0.15, -0.1) is 0 Å². The molecule has 0 aliphatic carbocycles. The highest BCUT2D eigenvalue weighted by molar-refractivity contribution is 7.91. The van der Waals surface area contributed by atoms with E-state index in [2.05, 4.69) is 5.32 Å². The zero-order valence-electron chi connectivity index (χ0n) is 10.7. The average molecular weight is 308 g/mol. The Morgan fingerprint density at radius 2 is 2.11 bits per heavy atom. The van der Waals surface area contributed by atoms with Crippen LogP contribution in [0.5, 0.6) is 0 Å². The molecule has 0 saturated carbocycles. The summed E-state index contributed by atoms with van der Waals surface area (Å²) in [5.74, 6) is -0.364. The molecule has 0 radical (unpaired) electrons. The number of aliphatic hydroxyl groups excluding tert-OH is 1. The summed E-state index contributed by atoms with van der Waals surface area (Å²) in [6, 6.07) is 6.20. The summed E-state index contributed by atoms with van der Waals surface area (Å²) in [5.41, 5.74) is 0. The Hall–Kier alpha value is -0.660. The molecular weight excluding hydrogens is 290 g/mol. The number of nitrogens with one attached hydrogen (secondary N) is 1. The summed E-state index contributed by atoms with van der Waals surface area (Å²) in [4.78, 5) is 0.0487. The van der Waals surface area contributed by atoms with E-state index in [1.807, 2.05) is 0 Å². The third-order valence-corrected chi connectivity index (χ3v) is 4.74. The topological polar surface area (TPSA) is 75.6 Å². The molecule has 1 rings (SSSR count). The van der Waals surface area contributed by atoms with Crippen molar-refractivity contribution in [2.45, 2.75) is 11.0 Å². The van der Waals surface area contributed by atoms with Crippen LogP contribution in [0.15, 0.2) is 29.2 Å². The van der Waals surface area contributed by atoms with Gasteiger partial charge in [0, 0.05) is 20.2 Å². The molecule has 0 heterocycles. The number of rotatable bonds is 8. The number of ether oxygens (including phenoxy) is 1. The number of methoxy groups -OCH3 is 1. The Morgan fingerprint density at radius 1 is 1.42 bits per heavy atom. The van der Waals surface area contributed by atoms with Crippen molar-refractivity contribution >= 4 is 21.4 Å². The third-order valence-electron chi connectivity index (χ3n) is 2.45. The molecule has 0 aromatic heterocycles. The number of halogens is 1. The Morgan fingerprint density at radius 3 is 2.74 bits per heavy atom. The van der Waals surface area contributed by atoms with Gasteiger partial charge in [0.05, 0.1) is 28.4 Å². The van der Waals surface area contributed by atoms with Gasteiger partial charge < -0.3 is 15.2 Å². The van der Waals surface area contributed by atoms with Crippen molar-refractivity contribution < 1.29 is 18.3 Å². The van der Waals surface area contributed by atoms with Crippen LogP contribution in [0.1, 0.15) is 0 Å². The van der Waals surface area contributed by atoms with E-state index in [-0.39, 0.29) is 22.2 Å². The van der Waals surface area contributed by atoms with Crippen molar-refractivity contribution in [1.29, 1.82) is 0 Å². The molecule has 0 saturated heterocycles. The second-order valence-corrected chi connectivity index (χ2v) is 6.47. The molecule has 2 N–H and O–H groups in total. The van der Waals surface area contributed by atoms with Gasteiger partial charge in [-0.2, -0.15) is 0 Å². The molecule has 19 heavy (non-hydrogen) atoms. The maximum absolute atomic E-state index is 12.1. The Labute approximate surface area is 118 Å². The molecular formula is C12H18ClNO4S. The highest BCUT2D eigenvalue weighted by Crippen LogP contribution is 2.22. The molecule has 1 unspecified atom stereocenters. The van der Waals surface area contributed by atoms with Crippen LogP contribution in [0.3, 0.4) is 0 Å². The van der Waals surface area contributed by atoms with Gasteiger partial charge in [-0.1, -0.05) is 23.7 Å². The molecule has 1 aromatic carbocycles. The van der Waals surface area contributed by atoms with Crippen LogP contribution >= 0.6 is 11.6 Å².